The summed E-state index contributed by atoms with van der Waals surface area (Å²) in [5, 5.41) is 9.52. The maximum absolute atomic E-state index is 12.0. The number of carbonyl (C=O) groups is 2. The van der Waals surface area contributed by atoms with Gasteiger partial charge in [-0.3, -0.25) is 4.79 Å². The number of guanidine groups is 1. The Morgan fingerprint density at radius 1 is 1.00 bits per heavy atom. The zero-order chi connectivity index (χ0) is 19.2. The Labute approximate surface area is 160 Å². The minimum Gasteiger partial charge on any atom is -0.381 e. The average Bonchev–Trinajstić information content (AvgIpc) is 3.34. The van der Waals surface area contributed by atoms with Crippen molar-refractivity contribution in [3.05, 3.63) is 0 Å². The number of nitrogens with zero attached hydrogens (tertiary/aromatic N) is 3. The number of likely N-dealkylation sites (tertiary alicyclic amines) is 1. The molecule has 3 amide bonds. The van der Waals surface area contributed by atoms with E-state index in [-0.39, 0.29) is 24.5 Å². The maximum Gasteiger partial charge on any atom is 0.315 e. The van der Waals surface area contributed by atoms with Crippen LogP contribution in [0.3, 0.4) is 0 Å². The fourth-order valence-electron chi connectivity index (χ4n) is 3.26. The molecule has 0 aromatic rings. The van der Waals surface area contributed by atoms with Crippen molar-refractivity contribution >= 4 is 17.9 Å². The molecule has 0 bridgehead atoms. The lowest BCUT2D eigenvalue weighted by atomic mass is 10.1. The molecule has 2 heterocycles. The topological polar surface area (TPSA) is 98.3 Å². The molecule has 2 aliphatic heterocycles. The quantitative estimate of drug-likeness (QED) is 0.451. The van der Waals surface area contributed by atoms with Crippen molar-refractivity contribution < 1.29 is 14.3 Å². The summed E-state index contributed by atoms with van der Waals surface area (Å²) < 4.78 is 5.43. The molecule has 0 spiro atoms. The van der Waals surface area contributed by atoms with E-state index in [9.17, 15) is 9.59 Å². The Morgan fingerprint density at radius 3 is 2.33 bits per heavy atom. The predicted molar refractivity (Wildman–Crippen MR) is 103 cm³/mol. The first-order valence-electron chi connectivity index (χ1n) is 9.92. The first-order chi connectivity index (χ1) is 13.0. The SMILES string of the molecule is CN(C)C(=O)CN=C(NC1CCOCC1)N1CCC(NC(=O)NC2CC2)C1. The summed E-state index contributed by atoms with van der Waals surface area (Å²) in [6, 6.07) is 0.669. The highest BCUT2D eigenvalue weighted by atomic mass is 16.5. The number of nitrogens with one attached hydrogen (secondary N) is 3. The van der Waals surface area contributed by atoms with E-state index in [4.69, 9.17) is 4.74 Å². The third-order valence-corrected chi connectivity index (χ3v) is 5.15. The fourth-order valence-corrected chi connectivity index (χ4v) is 3.26. The van der Waals surface area contributed by atoms with Crippen molar-refractivity contribution in [2.45, 2.75) is 50.2 Å². The first kappa shape index (κ1) is 19.7. The van der Waals surface area contributed by atoms with Gasteiger partial charge in [0.1, 0.15) is 6.54 Å². The minimum absolute atomic E-state index is 0.0287. The molecule has 0 radical (unpaired) electrons. The van der Waals surface area contributed by atoms with Crippen LogP contribution in [0.1, 0.15) is 32.1 Å². The van der Waals surface area contributed by atoms with Crippen molar-refractivity contribution in [2.75, 3.05) is 46.9 Å². The van der Waals surface area contributed by atoms with E-state index >= 15 is 0 Å². The zero-order valence-corrected chi connectivity index (χ0v) is 16.4. The van der Waals surface area contributed by atoms with Gasteiger partial charge in [-0.15, -0.1) is 0 Å². The number of ether oxygens (including phenoxy) is 1. The molecule has 1 atom stereocenters. The number of rotatable bonds is 5. The van der Waals surface area contributed by atoms with Crippen molar-refractivity contribution in [3.63, 3.8) is 0 Å². The fraction of sp³-hybridized carbons (Fsp3) is 0.833. The van der Waals surface area contributed by atoms with E-state index in [1.54, 1.807) is 19.0 Å². The van der Waals surface area contributed by atoms with Gasteiger partial charge >= 0.3 is 6.03 Å². The molecule has 3 N–H and O–H groups in total. The second kappa shape index (κ2) is 9.25. The standard InChI is InChI=1S/C18H32N6O3/c1-23(2)16(25)11-19-17(20-14-6-9-27-10-7-14)24-8-5-15(12-24)22-18(26)21-13-3-4-13/h13-15H,3-12H2,1-2H3,(H,19,20)(H2,21,22,26). The lowest BCUT2D eigenvalue weighted by Crippen LogP contribution is -2.49. The summed E-state index contributed by atoms with van der Waals surface area (Å²) in [7, 11) is 3.47. The van der Waals surface area contributed by atoms with E-state index in [2.05, 4.69) is 25.8 Å². The first-order valence-corrected chi connectivity index (χ1v) is 9.92. The summed E-state index contributed by atoms with van der Waals surface area (Å²) in [6.07, 6.45) is 4.89. The Bertz CT molecular complexity index is 557. The second-order valence-electron chi connectivity index (χ2n) is 7.78. The summed E-state index contributed by atoms with van der Waals surface area (Å²) in [4.78, 5) is 32.2. The Kier molecular flexibility index (Phi) is 6.76. The molecule has 9 heteroatoms. The van der Waals surface area contributed by atoms with Crippen LogP contribution in [0.2, 0.25) is 0 Å². The van der Waals surface area contributed by atoms with Gasteiger partial charge < -0.3 is 30.5 Å². The van der Waals surface area contributed by atoms with Crippen molar-refractivity contribution in [2.24, 2.45) is 4.99 Å². The third-order valence-electron chi connectivity index (χ3n) is 5.15. The molecule has 152 valence electrons. The normalized spacial score (nSPS) is 23.9. The van der Waals surface area contributed by atoms with Gasteiger partial charge in [0.2, 0.25) is 5.91 Å². The van der Waals surface area contributed by atoms with Crippen LogP contribution in [0.15, 0.2) is 4.99 Å². The van der Waals surface area contributed by atoms with Gasteiger partial charge in [0.25, 0.3) is 0 Å². The molecule has 27 heavy (non-hydrogen) atoms. The van der Waals surface area contributed by atoms with Crippen LogP contribution in [0, 0.1) is 0 Å². The highest BCUT2D eigenvalue weighted by molar-refractivity contribution is 5.85. The lowest BCUT2D eigenvalue weighted by Gasteiger charge is -2.29. The number of carbonyl (C=O) groups excluding carboxylic acids is 2. The van der Waals surface area contributed by atoms with E-state index in [1.807, 2.05) is 0 Å². The number of hydrogen-bond acceptors (Lipinski definition) is 4. The van der Waals surface area contributed by atoms with Crippen LogP contribution >= 0.6 is 0 Å². The van der Waals surface area contributed by atoms with Gasteiger partial charge in [0, 0.05) is 58.5 Å². The summed E-state index contributed by atoms with van der Waals surface area (Å²) >= 11 is 0. The molecular formula is C18H32N6O3. The zero-order valence-electron chi connectivity index (χ0n) is 16.4. The molecule has 1 unspecified atom stereocenters. The molecule has 2 saturated heterocycles. The minimum atomic E-state index is -0.0805. The van der Waals surface area contributed by atoms with Crippen molar-refractivity contribution in [1.29, 1.82) is 0 Å². The third kappa shape index (κ3) is 6.27. The Hall–Kier alpha value is -2.03. The number of hydrogen-bond donors (Lipinski definition) is 3. The Balaban J connectivity index is 1.56. The van der Waals surface area contributed by atoms with Gasteiger partial charge in [0.15, 0.2) is 5.96 Å². The number of aliphatic imine (C=N–C) groups is 1. The lowest BCUT2D eigenvalue weighted by molar-refractivity contribution is -0.127. The van der Waals surface area contributed by atoms with Gasteiger partial charge in [-0.2, -0.15) is 0 Å². The van der Waals surface area contributed by atoms with E-state index < -0.39 is 0 Å². The molecule has 0 aromatic heterocycles. The van der Waals surface area contributed by atoms with Crippen molar-refractivity contribution in [1.82, 2.24) is 25.8 Å². The van der Waals surface area contributed by atoms with Crippen LogP contribution in [-0.4, -0.2) is 92.8 Å². The number of likely N-dealkylation sites (N-methyl/N-ethyl adjacent to an activating group) is 1. The van der Waals surface area contributed by atoms with Gasteiger partial charge in [-0.05, 0) is 32.1 Å². The van der Waals surface area contributed by atoms with E-state index in [1.165, 1.54) is 0 Å². The summed E-state index contributed by atoms with van der Waals surface area (Å²) in [5.41, 5.74) is 0. The average molecular weight is 380 g/mol. The van der Waals surface area contributed by atoms with Crippen LogP contribution in [-0.2, 0) is 9.53 Å². The molecule has 3 rings (SSSR count). The van der Waals surface area contributed by atoms with Crippen LogP contribution in [0.4, 0.5) is 4.79 Å². The molecule has 1 saturated carbocycles. The second-order valence-corrected chi connectivity index (χ2v) is 7.78. The van der Waals surface area contributed by atoms with Crippen molar-refractivity contribution in [3.8, 4) is 0 Å². The largest absolute Gasteiger partial charge is 0.381 e. The number of urea groups is 1. The molecule has 9 nitrogen and oxygen atoms in total. The smallest absolute Gasteiger partial charge is 0.315 e. The van der Waals surface area contributed by atoms with Crippen LogP contribution in [0.25, 0.3) is 0 Å². The molecule has 0 aromatic carbocycles. The summed E-state index contributed by atoms with van der Waals surface area (Å²) in [5.74, 6) is 0.725. The Morgan fingerprint density at radius 2 is 1.67 bits per heavy atom. The predicted octanol–water partition coefficient (Wildman–Crippen LogP) is -0.265. The van der Waals surface area contributed by atoms with Gasteiger partial charge in [-0.25, -0.2) is 9.79 Å². The van der Waals surface area contributed by atoms with Crippen LogP contribution < -0.4 is 16.0 Å². The number of amides is 3. The molecule has 3 fully saturated rings. The summed E-state index contributed by atoms with van der Waals surface area (Å²) in [6.45, 7) is 3.11. The van der Waals surface area contributed by atoms with Crippen LogP contribution in [0.5, 0.6) is 0 Å². The van der Waals surface area contributed by atoms with Gasteiger partial charge in [0.05, 0.1) is 0 Å². The highest BCUT2D eigenvalue weighted by Crippen LogP contribution is 2.18. The highest BCUT2D eigenvalue weighted by Gasteiger charge is 2.29. The van der Waals surface area contributed by atoms with E-state index in [0.29, 0.717) is 18.6 Å². The molecule has 1 aliphatic carbocycles. The maximum atomic E-state index is 12.0. The molecule has 3 aliphatic rings. The molecular weight excluding hydrogens is 348 g/mol. The van der Waals surface area contributed by atoms with Gasteiger partial charge in [-0.1, -0.05) is 0 Å². The van der Waals surface area contributed by atoms with E-state index in [0.717, 1.165) is 57.8 Å². The monoisotopic (exact) mass is 380 g/mol.